The van der Waals surface area contributed by atoms with Crippen molar-refractivity contribution in [2.45, 2.75) is 12.4 Å². The Morgan fingerprint density at radius 2 is 2.14 bits per heavy atom. The lowest BCUT2D eigenvalue weighted by molar-refractivity contribution is 0.0337. The molecule has 1 fully saturated rings. The summed E-state index contributed by atoms with van der Waals surface area (Å²) in [7, 11) is 0. The molecule has 112 valence electrons. The molecule has 0 N–H and O–H groups in total. The summed E-state index contributed by atoms with van der Waals surface area (Å²) < 4.78 is 19.6. The molecule has 0 bridgehead atoms. The lowest BCUT2D eigenvalue weighted by Gasteiger charge is -2.26. The van der Waals surface area contributed by atoms with Gasteiger partial charge >= 0.3 is 0 Å². The monoisotopic (exact) mass is 326 g/mol. The van der Waals surface area contributed by atoms with Crippen LogP contribution in [0.3, 0.4) is 0 Å². The Hall–Kier alpha value is -1.01. The standard InChI is InChI=1S/C15H16ClFN2OS/c16-8-13-10-21-15(18-13)11-1-2-12(14(17)7-11)9-19-3-5-20-6-4-19/h1-2,7,10H,3-6,8-9H2. The first kappa shape index (κ1) is 14.9. The molecule has 0 amide bonds. The van der Waals surface area contributed by atoms with Crippen molar-refractivity contribution < 1.29 is 9.13 Å². The number of halogens is 2. The molecule has 0 spiro atoms. The van der Waals surface area contributed by atoms with Crippen LogP contribution in [-0.2, 0) is 17.2 Å². The maximum absolute atomic E-state index is 14.3. The molecule has 3 rings (SSSR count). The van der Waals surface area contributed by atoms with E-state index >= 15 is 0 Å². The fourth-order valence-electron chi connectivity index (χ4n) is 2.31. The SMILES string of the molecule is Fc1cc(-c2nc(CCl)cs2)ccc1CN1CCOCC1. The van der Waals surface area contributed by atoms with Gasteiger partial charge in [-0.1, -0.05) is 12.1 Å². The maximum Gasteiger partial charge on any atom is 0.128 e. The predicted molar refractivity (Wildman–Crippen MR) is 83.2 cm³/mol. The summed E-state index contributed by atoms with van der Waals surface area (Å²) in [6.07, 6.45) is 0. The predicted octanol–water partition coefficient (Wildman–Crippen LogP) is 3.52. The summed E-state index contributed by atoms with van der Waals surface area (Å²) in [5, 5.41) is 2.71. The normalized spacial score (nSPS) is 16.3. The number of hydrogen-bond donors (Lipinski definition) is 0. The van der Waals surface area contributed by atoms with Gasteiger partial charge in [0.25, 0.3) is 0 Å². The third kappa shape index (κ3) is 3.61. The Balaban J connectivity index is 1.75. The van der Waals surface area contributed by atoms with Crippen LogP contribution >= 0.6 is 22.9 Å². The van der Waals surface area contributed by atoms with Gasteiger partial charge in [-0.05, 0) is 6.07 Å². The minimum Gasteiger partial charge on any atom is -0.379 e. The van der Waals surface area contributed by atoms with E-state index < -0.39 is 0 Å². The van der Waals surface area contributed by atoms with E-state index in [9.17, 15) is 4.39 Å². The summed E-state index contributed by atoms with van der Waals surface area (Å²) in [6.45, 7) is 3.78. The molecule has 1 aliphatic heterocycles. The minimum atomic E-state index is -0.179. The number of morpholine rings is 1. The average molecular weight is 327 g/mol. The third-order valence-electron chi connectivity index (χ3n) is 3.49. The summed E-state index contributed by atoms with van der Waals surface area (Å²) in [5.41, 5.74) is 2.35. The third-order valence-corrected chi connectivity index (χ3v) is 4.70. The molecule has 1 aromatic carbocycles. The molecule has 0 aliphatic carbocycles. The van der Waals surface area contributed by atoms with Gasteiger partial charge in [-0.15, -0.1) is 22.9 Å². The topological polar surface area (TPSA) is 25.4 Å². The van der Waals surface area contributed by atoms with Crippen molar-refractivity contribution in [1.82, 2.24) is 9.88 Å². The number of thiazole rings is 1. The largest absolute Gasteiger partial charge is 0.379 e. The van der Waals surface area contributed by atoms with Crippen molar-refractivity contribution in [3.05, 3.63) is 40.7 Å². The zero-order chi connectivity index (χ0) is 14.7. The molecule has 1 aromatic heterocycles. The molecule has 2 heterocycles. The molecular weight excluding hydrogens is 311 g/mol. The van der Waals surface area contributed by atoms with Crippen LogP contribution in [0, 0.1) is 5.82 Å². The van der Waals surface area contributed by atoms with Crippen LogP contribution in [0.15, 0.2) is 23.6 Å². The van der Waals surface area contributed by atoms with Crippen molar-refractivity contribution in [1.29, 1.82) is 0 Å². The van der Waals surface area contributed by atoms with Gasteiger partial charge in [0.05, 0.1) is 24.8 Å². The highest BCUT2D eigenvalue weighted by Gasteiger charge is 2.14. The zero-order valence-corrected chi connectivity index (χ0v) is 13.1. The van der Waals surface area contributed by atoms with E-state index in [2.05, 4.69) is 9.88 Å². The molecule has 0 saturated carbocycles. The Bertz CT molecular complexity index is 613. The summed E-state index contributed by atoms with van der Waals surface area (Å²) in [4.78, 5) is 6.58. The number of ether oxygens (including phenoxy) is 1. The van der Waals surface area contributed by atoms with Crippen molar-refractivity contribution in [2.24, 2.45) is 0 Å². The van der Waals surface area contributed by atoms with Crippen LogP contribution in [0.4, 0.5) is 4.39 Å². The van der Waals surface area contributed by atoms with Crippen molar-refractivity contribution >= 4 is 22.9 Å². The average Bonchev–Trinajstić information content (AvgIpc) is 2.99. The Morgan fingerprint density at radius 3 is 2.81 bits per heavy atom. The highest BCUT2D eigenvalue weighted by molar-refractivity contribution is 7.13. The molecule has 0 radical (unpaired) electrons. The summed E-state index contributed by atoms with van der Waals surface area (Å²) >= 11 is 7.24. The van der Waals surface area contributed by atoms with Crippen LogP contribution < -0.4 is 0 Å². The quantitative estimate of drug-likeness (QED) is 0.804. The molecule has 0 unspecified atom stereocenters. The maximum atomic E-state index is 14.3. The Morgan fingerprint density at radius 1 is 1.33 bits per heavy atom. The van der Waals surface area contributed by atoms with Gasteiger partial charge in [-0.25, -0.2) is 9.37 Å². The fraction of sp³-hybridized carbons (Fsp3) is 0.400. The lowest BCUT2D eigenvalue weighted by Crippen LogP contribution is -2.35. The van der Waals surface area contributed by atoms with E-state index in [4.69, 9.17) is 16.3 Å². The molecule has 1 aliphatic rings. The second-order valence-corrected chi connectivity index (χ2v) is 6.10. The summed E-state index contributed by atoms with van der Waals surface area (Å²) in [5.74, 6) is 0.204. The van der Waals surface area contributed by atoms with Gasteiger partial charge in [0.15, 0.2) is 0 Å². The molecule has 21 heavy (non-hydrogen) atoms. The van der Waals surface area contributed by atoms with Gasteiger partial charge in [0.2, 0.25) is 0 Å². The van der Waals surface area contributed by atoms with Gasteiger partial charge in [0.1, 0.15) is 10.8 Å². The van der Waals surface area contributed by atoms with E-state index in [0.717, 1.165) is 48.1 Å². The van der Waals surface area contributed by atoms with Crippen molar-refractivity contribution in [3.63, 3.8) is 0 Å². The molecule has 2 aromatic rings. The van der Waals surface area contributed by atoms with E-state index in [1.54, 1.807) is 6.07 Å². The molecule has 3 nitrogen and oxygen atoms in total. The first-order valence-electron chi connectivity index (χ1n) is 6.85. The lowest BCUT2D eigenvalue weighted by atomic mass is 10.1. The van der Waals surface area contributed by atoms with Crippen molar-refractivity contribution in [2.75, 3.05) is 26.3 Å². The van der Waals surface area contributed by atoms with Crippen LogP contribution in [0.5, 0.6) is 0 Å². The molecule has 1 saturated heterocycles. The smallest absolute Gasteiger partial charge is 0.128 e. The Labute approximate surface area is 132 Å². The minimum absolute atomic E-state index is 0.179. The number of benzene rings is 1. The van der Waals surface area contributed by atoms with E-state index in [-0.39, 0.29) is 5.82 Å². The van der Waals surface area contributed by atoms with Gasteiger partial charge < -0.3 is 4.74 Å². The highest BCUT2D eigenvalue weighted by Crippen LogP contribution is 2.26. The number of alkyl halides is 1. The highest BCUT2D eigenvalue weighted by atomic mass is 35.5. The second kappa shape index (κ2) is 6.83. The molecular formula is C15H16ClFN2OS. The van der Waals surface area contributed by atoms with Crippen LogP contribution in [-0.4, -0.2) is 36.2 Å². The number of rotatable bonds is 4. The Kier molecular flexibility index (Phi) is 4.85. The van der Waals surface area contributed by atoms with E-state index in [0.29, 0.717) is 12.4 Å². The second-order valence-electron chi connectivity index (χ2n) is 4.97. The number of aromatic nitrogens is 1. The van der Waals surface area contributed by atoms with Gasteiger partial charge in [-0.2, -0.15) is 0 Å². The van der Waals surface area contributed by atoms with Crippen LogP contribution in [0.2, 0.25) is 0 Å². The van der Waals surface area contributed by atoms with Gasteiger partial charge in [-0.3, -0.25) is 4.90 Å². The summed E-state index contributed by atoms with van der Waals surface area (Å²) in [6, 6.07) is 5.34. The van der Waals surface area contributed by atoms with Crippen LogP contribution in [0.25, 0.3) is 10.6 Å². The zero-order valence-electron chi connectivity index (χ0n) is 11.5. The van der Waals surface area contributed by atoms with Crippen LogP contribution in [0.1, 0.15) is 11.3 Å². The first-order valence-corrected chi connectivity index (χ1v) is 8.27. The van der Waals surface area contributed by atoms with E-state index in [1.807, 2.05) is 17.5 Å². The molecule has 0 atom stereocenters. The van der Waals surface area contributed by atoms with Gasteiger partial charge in [0, 0.05) is 36.1 Å². The van der Waals surface area contributed by atoms with Crippen molar-refractivity contribution in [3.8, 4) is 10.6 Å². The number of hydrogen-bond acceptors (Lipinski definition) is 4. The first-order chi connectivity index (χ1) is 10.3. The van der Waals surface area contributed by atoms with E-state index in [1.165, 1.54) is 11.3 Å². The number of nitrogens with zero attached hydrogens (tertiary/aromatic N) is 2. The fourth-order valence-corrected chi connectivity index (χ4v) is 3.35. The molecule has 6 heteroatoms.